The van der Waals surface area contributed by atoms with E-state index < -0.39 is 40.1 Å². The number of hydrogen-bond acceptors (Lipinski definition) is 4. The minimum absolute atomic E-state index is 0.230. The van der Waals surface area contributed by atoms with E-state index in [1.54, 1.807) is 0 Å². The number of hydrogen-bond donors (Lipinski definition) is 1. The molecule has 5 nitrogen and oxygen atoms in total. The first kappa shape index (κ1) is 20.6. The minimum atomic E-state index is -4.87. The van der Waals surface area contributed by atoms with Gasteiger partial charge in [-0.1, -0.05) is 12.1 Å². The summed E-state index contributed by atoms with van der Waals surface area (Å²) in [5.74, 6) is -0.987. The predicted molar refractivity (Wildman–Crippen MR) is 91.6 cm³/mol. The van der Waals surface area contributed by atoms with E-state index >= 15 is 0 Å². The van der Waals surface area contributed by atoms with Gasteiger partial charge in [0, 0.05) is 6.61 Å². The van der Waals surface area contributed by atoms with Crippen LogP contribution in [-0.4, -0.2) is 27.5 Å². The zero-order chi connectivity index (χ0) is 20.4. The van der Waals surface area contributed by atoms with Crippen LogP contribution in [-0.2, 0) is 14.8 Å². The standard InChI is InChI=1S/C18H17F4NO4S/c19-13-5-3-12(4-6-13)17(16-2-1-11-26-16)23-28(24,25)15-9-7-14(8-10-15)27-18(20,21)22/h3-10,16-17,23H,1-2,11H2. The lowest BCUT2D eigenvalue weighted by Gasteiger charge is -2.24. The minimum Gasteiger partial charge on any atom is -0.406 e. The Morgan fingerprint density at radius 2 is 1.71 bits per heavy atom. The summed E-state index contributed by atoms with van der Waals surface area (Å²) in [5, 5.41) is 0. The summed E-state index contributed by atoms with van der Waals surface area (Å²) in [6, 6.07) is 8.46. The van der Waals surface area contributed by atoms with Crippen molar-refractivity contribution in [1.29, 1.82) is 0 Å². The van der Waals surface area contributed by atoms with Crippen LogP contribution in [0.5, 0.6) is 5.75 Å². The Bertz CT molecular complexity index is 893. The first-order valence-corrected chi connectivity index (χ1v) is 9.87. The quantitative estimate of drug-likeness (QED) is 0.721. The van der Waals surface area contributed by atoms with E-state index in [9.17, 15) is 26.0 Å². The maximum absolute atomic E-state index is 13.2. The summed E-state index contributed by atoms with van der Waals surface area (Å²) in [6.07, 6.45) is -3.93. The van der Waals surface area contributed by atoms with Gasteiger partial charge in [-0.15, -0.1) is 13.2 Å². The van der Waals surface area contributed by atoms with Gasteiger partial charge in [0.25, 0.3) is 0 Å². The van der Waals surface area contributed by atoms with E-state index in [1.807, 2.05) is 0 Å². The molecule has 0 radical (unpaired) electrons. The van der Waals surface area contributed by atoms with Gasteiger partial charge in [0.15, 0.2) is 0 Å². The number of halogens is 4. The third-order valence-electron chi connectivity index (χ3n) is 4.22. The number of ether oxygens (including phenoxy) is 2. The Morgan fingerprint density at radius 1 is 1.07 bits per heavy atom. The van der Waals surface area contributed by atoms with Crippen LogP contribution in [0.4, 0.5) is 17.6 Å². The summed E-state index contributed by atoms with van der Waals surface area (Å²) >= 11 is 0. The number of alkyl halides is 3. The average molecular weight is 419 g/mol. The number of benzene rings is 2. The first-order valence-electron chi connectivity index (χ1n) is 8.39. The van der Waals surface area contributed by atoms with Crippen LogP contribution in [0.25, 0.3) is 0 Å². The molecule has 1 aliphatic heterocycles. The Hall–Kier alpha value is -2.17. The number of nitrogens with one attached hydrogen (secondary N) is 1. The average Bonchev–Trinajstić information content (AvgIpc) is 3.14. The molecule has 1 heterocycles. The second-order valence-corrected chi connectivity index (χ2v) is 7.94. The van der Waals surface area contributed by atoms with Gasteiger partial charge in [-0.3, -0.25) is 0 Å². The van der Waals surface area contributed by atoms with Crippen molar-refractivity contribution in [2.24, 2.45) is 0 Å². The third kappa shape index (κ3) is 5.21. The highest BCUT2D eigenvalue weighted by Crippen LogP contribution is 2.30. The third-order valence-corrected chi connectivity index (χ3v) is 5.67. The zero-order valence-electron chi connectivity index (χ0n) is 14.4. The Morgan fingerprint density at radius 3 is 2.25 bits per heavy atom. The van der Waals surface area contributed by atoms with Crippen molar-refractivity contribution in [3.05, 3.63) is 59.9 Å². The molecular formula is C18H17F4NO4S. The molecule has 2 aromatic rings. The molecule has 0 aliphatic carbocycles. The van der Waals surface area contributed by atoms with Gasteiger partial charge in [-0.05, 0) is 54.8 Å². The second kappa shape index (κ2) is 8.06. The van der Waals surface area contributed by atoms with Gasteiger partial charge in [0.1, 0.15) is 11.6 Å². The highest BCUT2D eigenvalue weighted by molar-refractivity contribution is 7.89. The number of sulfonamides is 1. The normalized spacial score (nSPS) is 18.8. The molecule has 1 aliphatic rings. The topological polar surface area (TPSA) is 64.6 Å². The summed E-state index contributed by atoms with van der Waals surface area (Å²) in [5.41, 5.74) is 0.522. The molecule has 3 rings (SSSR count). The molecule has 28 heavy (non-hydrogen) atoms. The maximum Gasteiger partial charge on any atom is 0.573 e. The molecule has 1 N–H and O–H groups in total. The molecule has 1 fully saturated rings. The van der Waals surface area contributed by atoms with Gasteiger partial charge in [-0.25, -0.2) is 17.5 Å². The van der Waals surface area contributed by atoms with Gasteiger partial charge >= 0.3 is 6.36 Å². The zero-order valence-corrected chi connectivity index (χ0v) is 15.3. The van der Waals surface area contributed by atoms with Crippen molar-refractivity contribution in [2.75, 3.05) is 6.61 Å². The molecule has 0 spiro atoms. The highest BCUT2D eigenvalue weighted by atomic mass is 32.2. The smallest absolute Gasteiger partial charge is 0.406 e. The Labute approximate surface area is 159 Å². The van der Waals surface area contributed by atoms with Gasteiger partial charge in [-0.2, -0.15) is 0 Å². The summed E-state index contributed by atoms with van der Waals surface area (Å²) in [6.45, 7) is 0.480. The summed E-state index contributed by atoms with van der Waals surface area (Å²) in [4.78, 5) is -0.230. The van der Waals surface area contributed by atoms with E-state index in [-0.39, 0.29) is 4.90 Å². The summed E-state index contributed by atoms with van der Waals surface area (Å²) in [7, 11) is -4.08. The van der Waals surface area contributed by atoms with Crippen LogP contribution in [0.1, 0.15) is 24.4 Å². The molecule has 10 heteroatoms. The molecule has 2 aromatic carbocycles. The SMILES string of the molecule is O=S(=O)(NC(c1ccc(F)cc1)C1CCCO1)c1ccc(OC(F)(F)F)cc1. The molecule has 0 aromatic heterocycles. The molecule has 0 saturated carbocycles. The lowest BCUT2D eigenvalue weighted by atomic mass is 10.0. The van der Waals surface area contributed by atoms with Crippen LogP contribution >= 0.6 is 0 Å². The van der Waals surface area contributed by atoms with E-state index in [4.69, 9.17) is 4.74 Å². The second-order valence-electron chi connectivity index (χ2n) is 6.22. The number of rotatable bonds is 6. The molecule has 0 bridgehead atoms. The fourth-order valence-electron chi connectivity index (χ4n) is 2.95. The molecule has 2 atom stereocenters. The van der Waals surface area contributed by atoms with E-state index in [2.05, 4.69) is 9.46 Å². The molecule has 0 amide bonds. The van der Waals surface area contributed by atoms with Crippen LogP contribution < -0.4 is 9.46 Å². The largest absolute Gasteiger partial charge is 0.573 e. The van der Waals surface area contributed by atoms with E-state index in [0.29, 0.717) is 18.6 Å². The van der Waals surface area contributed by atoms with Crippen molar-refractivity contribution in [3.63, 3.8) is 0 Å². The monoisotopic (exact) mass is 419 g/mol. The lowest BCUT2D eigenvalue weighted by molar-refractivity contribution is -0.274. The van der Waals surface area contributed by atoms with Crippen molar-refractivity contribution < 1.29 is 35.5 Å². The van der Waals surface area contributed by atoms with Crippen LogP contribution in [0.15, 0.2) is 53.4 Å². The fourth-order valence-corrected chi connectivity index (χ4v) is 4.20. The van der Waals surface area contributed by atoms with Crippen molar-refractivity contribution in [1.82, 2.24) is 4.72 Å². The van der Waals surface area contributed by atoms with Crippen molar-refractivity contribution in [2.45, 2.75) is 36.2 Å². The predicted octanol–water partition coefficient (Wildman–Crippen LogP) is 3.92. The first-order chi connectivity index (χ1) is 13.1. The molecule has 2 unspecified atom stereocenters. The molecule has 152 valence electrons. The maximum atomic E-state index is 13.2. The molecule has 1 saturated heterocycles. The fraction of sp³-hybridized carbons (Fsp3) is 0.333. The highest BCUT2D eigenvalue weighted by Gasteiger charge is 2.33. The van der Waals surface area contributed by atoms with Crippen LogP contribution in [0.3, 0.4) is 0 Å². The van der Waals surface area contributed by atoms with Gasteiger partial charge in [0.05, 0.1) is 17.0 Å². The summed E-state index contributed by atoms with van der Waals surface area (Å²) < 4.78 is 87.3. The van der Waals surface area contributed by atoms with Crippen LogP contribution in [0, 0.1) is 5.82 Å². The Balaban J connectivity index is 1.83. The van der Waals surface area contributed by atoms with Crippen LogP contribution in [0.2, 0.25) is 0 Å². The van der Waals surface area contributed by atoms with Gasteiger partial charge < -0.3 is 9.47 Å². The van der Waals surface area contributed by atoms with Crippen molar-refractivity contribution >= 4 is 10.0 Å². The van der Waals surface area contributed by atoms with E-state index in [1.165, 1.54) is 24.3 Å². The Kier molecular flexibility index (Phi) is 5.92. The van der Waals surface area contributed by atoms with E-state index in [0.717, 1.165) is 30.7 Å². The van der Waals surface area contributed by atoms with Crippen molar-refractivity contribution in [3.8, 4) is 5.75 Å². The lowest BCUT2D eigenvalue weighted by Crippen LogP contribution is -2.36. The molecular weight excluding hydrogens is 402 g/mol. The van der Waals surface area contributed by atoms with Gasteiger partial charge in [0.2, 0.25) is 10.0 Å².